The van der Waals surface area contributed by atoms with Crippen LogP contribution in [-0.2, 0) is 22.3 Å². The maximum Gasteiger partial charge on any atom is 0.416 e. The first-order valence-electron chi connectivity index (χ1n) is 8.51. The summed E-state index contributed by atoms with van der Waals surface area (Å²) in [6.07, 6.45) is -3.39. The fourth-order valence-corrected chi connectivity index (χ4v) is 3.29. The molecule has 1 aliphatic rings. The number of alkyl halides is 3. The van der Waals surface area contributed by atoms with E-state index in [2.05, 4.69) is 0 Å². The smallest absolute Gasteiger partial charge is 0.383 e. The Bertz CT molecular complexity index is 624. The third-order valence-electron chi connectivity index (χ3n) is 4.51. The van der Waals surface area contributed by atoms with Crippen LogP contribution in [-0.4, -0.2) is 66.8 Å². The third-order valence-corrected chi connectivity index (χ3v) is 4.51. The van der Waals surface area contributed by atoms with Gasteiger partial charge in [0.25, 0.3) is 5.91 Å². The number of aliphatic hydroxyl groups is 1. The zero-order valence-corrected chi connectivity index (χ0v) is 15.1. The second-order valence-electron chi connectivity index (χ2n) is 6.79. The lowest BCUT2D eigenvalue weighted by molar-refractivity contribution is -0.159. The van der Waals surface area contributed by atoms with Crippen LogP contribution in [0.4, 0.5) is 13.2 Å². The second-order valence-corrected chi connectivity index (χ2v) is 6.79. The molecule has 1 atom stereocenters. The lowest BCUT2D eigenvalue weighted by Gasteiger charge is -2.40. The Kier molecular flexibility index (Phi) is 6.65. The number of nitrogens with zero attached hydrogens (tertiary/aromatic N) is 2. The Morgan fingerprint density at radius 1 is 1.38 bits per heavy atom. The van der Waals surface area contributed by atoms with Gasteiger partial charge in [-0.25, -0.2) is 0 Å². The van der Waals surface area contributed by atoms with Gasteiger partial charge in [0.15, 0.2) is 5.60 Å². The van der Waals surface area contributed by atoms with Gasteiger partial charge in [-0.3, -0.25) is 9.69 Å². The highest BCUT2D eigenvalue weighted by atomic mass is 19.4. The highest BCUT2D eigenvalue weighted by Crippen LogP contribution is 2.30. The van der Waals surface area contributed by atoms with Gasteiger partial charge in [0.1, 0.15) is 0 Å². The quantitative estimate of drug-likeness (QED) is 0.795. The molecule has 1 aromatic rings. The van der Waals surface area contributed by atoms with Gasteiger partial charge in [-0.05, 0) is 31.5 Å². The van der Waals surface area contributed by atoms with Gasteiger partial charge in [-0.1, -0.05) is 18.2 Å². The van der Waals surface area contributed by atoms with Gasteiger partial charge in [0.2, 0.25) is 0 Å². The molecule has 1 N–H and O–H groups in total. The normalized spacial score (nSPS) is 21.5. The van der Waals surface area contributed by atoms with Crippen molar-refractivity contribution in [3.63, 3.8) is 0 Å². The van der Waals surface area contributed by atoms with E-state index in [1.807, 2.05) is 0 Å². The molecule has 0 bridgehead atoms. The molecule has 2 rings (SSSR count). The number of methoxy groups -OCH3 is 1. The van der Waals surface area contributed by atoms with Crippen LogP contribution in [0.2, 0.25) is 0 Å². The number of hydrogen-bond acceptors (Lipinski definition) is 4. The Morgan fingerprint density at radius 2 is 2.12 bits per heavy atom. The van der Waals surface area contributed by atoms with E-state index in [1.54, 1.807) is 30.0 Å². The molecule has 0 spiro atoms. The van der Waals surface area contributed by atoms with Crippen molar-refractivity contribution in [2.75, 3.05) is 40.4 Å². The molecule has 1 saturated heterocycles. The largest absolute Gasteiger partial charge is 0.416 e. The van der Waals surface area contributed by atoms with Crippen LogP contribution in [0.3, 0.4) is 0 Å². The molecule has 1 heterocycles. The van der Waals surface area contributed by atoms with E-state index in [4.69, 9.17) is 4.74 Å². The molecule has 26 heavy (non-hydrogen) atoms. The molecule has 0 aromatic heterocycles. The number of likely N-dealkylation sites (tertiary alicyclic amines) is 1. The van der Waals surface area contributed by atoms with Crippen molar-refractivity contribution in [1.29, 1.82) is 0 Å². The number of carbonyl (C=O) groups is 1. The Balaban J connectivity index is 2.02. The van der Waals surface area contributed by atoms with Crippen molar-refractivity contribution in [3.05, 3.63) is 35.4 Å². The minimum Gasteiger partial charge on any atom is -0.383 e. The SMILES string of the molecule is COCCN1CCCC(O)(CN(C)Cc2cccc(C(F)(F)F)c2)C1=O. The Hall–Kier alpha value is -1.64. The lowest BCUT2D eigenvalue weighted by atomic mass is 9.91. The monoisotopic (exact) mass is 374 g/mol. The molecule has 1 fully saturated rings. The van der Waals surface area contributed by atoms with Gasteiger partial charge in [0.05, 0.1) is 12.2 Å². The van der Waals surface area contributed by atoms with E-state index in [1.165, 1.54) is 6.07 Å². The summed E-state index contributed by atoms with van der Waals surface area (Å²) in [5.74, 6) is -0.350. The Morgan fingerprint density at radius 3 is 2.77 bits per heavy atom. The first-order chi connectivity index (χ1) is 12.2. The summed E-state index contributed by atoms with van der Waals surface area (Å²) in [5.41, 5.74) is -1.76. The Labute approximate surface area is 151 Å². The number of carbonyl (C=O) groups excluding carboxylic acids is 1. The van der Waals surface area contributed by atoms with E-state index in [0.29, 0.717) is 38.1 Å². The molecular formula is C18H25F3N2O3. The van der Waals surface area contributed by atoms with E-state index < -0.39 is 17.3 Å². The number of likely N-dealkylation sites (N-methyl/N-ethyl adjacent to an activating group) is 1. The maximum atomic E-state index is 12.8. The van der Waals surface area contributed by atoms with Crippen LogP contribution in [0.15, 0.2) is 24.3 Å². The number of piperidine rings is 1. The van der Waals surface area contributed by atoms with Crippen LogP contribution in [0.1, 0.15) is 24.0 Å². The summed E-state index contributed by atoms with van der Waals surface area (Å²) in [5, 5.41) is 10.8. The fraction of sp³-hybridized carbons (Fsp3) is 0.611. The predicted octanol–water partition coefficient (Wildman–Crippen LogP) is 2.14. The van der Waals surface area contributed by atoms with Gasteiger partial charge in [-0.15, -0.1) is 0 Å². The van der Waals surface area contributed by atoms with Crippen LogP contribution in [0.5, 0.6) is 0 Å². The van der Waals surface area contributed by atoms with E-state index >= 15 is 0 Å². The molecule has 0 radical (unpaired) electrons. The highest BCUT2D eigenvalue weighted by molar-refractivity contribution is 5.86. The predicted molar refractivity (Wildman–Crippen MR) is 90.4 cm³/mol. The van der Waals surface area contributed by atoms with E-state index in [0.717, 1.165) is 12.1 Å². The molecule has 0 saturated carbocycles. The zero-order valence-electron chi connectivity index (χ0n) is 15.1. The molecule has 1 aliphatic heterocycles. The number of ether oxygens (including phenoxy) is 1. The fourth-order valence-electron chi connectivity index (χ4n) is 3.29. The molecule has 5 nitrogen and oxygen atoms in total. The standard InChI is InChI=1S/C18H25F3N2O3/c1-22(12-14-5-3-6-15(11-14)18(19,20)21)13-17(25)7-4-8-23(16(17)24)9-10-26-2/h3,5-6,11,25H,4,7-10,12-13H2,1-2H3. The van der Waals surface area contributed by atoms with Crippen LogP contribution < -0.4 is 0 Å². The van der Waals surface area contributed by atoms with E-state index in [9.17, 15) is 23.1 Å². The van der Waals surface area contributed by atoms with Crippen molar-refractivity contribution in [3.8, 4) is 0 Å². The van der Waals surface area contributed by atoms with Crippen molar-refractivity contribution in [1.82, 2.24) is 9.80 Å². The van der Waals surface area contributed by atoms with Gasteiger partial charge in [-0.2, -0.15) is 13.2 Å². The lowest BCUT2D eigenvalue weighted by Crippen LogP contribution is -2.58. The minimum absolute atomic E-state index is 0.0611. The first kappa shape index (κ1) is 20.7. The summed E-state index contributed by atoms with van der Waals surface area (Å²) in [6.45, 7) is 1.64. The first-order valence-corrected chi connectivity index (χ1v) is 8.51. The molecule has 1 amide bonds. The number of rotatable bonds is 7. The molecule has 8 heteroatoms. The topological polar surface area (TPSA) is 53.0 Å². The zero-order chi connectivity index (χ0) is 19.4. The van der Waals surface area contributed by atoms with Gasteiger partial charge in [0, 0.05) is 33.3 Å². The molecular weight excluding hydrogens is 349 g/mol. The summed E-state index contributed by atoms with van der Waals surface area (Å²) in [7, 11) is 3.23. The summed E-state index contributed by atoms with van der Waals surface area (Å²) in [6, 6.07) is 5.08. The average molecular weight is 374 g/mol. The van der Waals surface area contributed by atoms with Crippen molar-refractivity contribution >= 4 is 5.91 Å². The van der Waals surface area contributed by atoms with E-state index in [-0.39, 0.29) is 19.0 Å². The summed E-state index contributed by atoms with van der Waals surface area (Å²) < 4.78 is 43.4. The van der Waals surface area contributed by atoms with Gasteiger partial charge < -0.3 is 14.7 Å². The van der Waals surface area contributed by atoms with Crippen LogP contribution >= 0.6 is 0 Å². The van der Waals surface area contributed by atoms with Crippen molar-refractivity contribution in [2.45, 2.75) is 31.2 Å². The summed E-state index contributed by atoms with van der Waals surface area (Å²) >= 11 is 0. The van der Waals surface area contributed by atoms with Crippen molar-refractivity contribution in [2.24, 2.45) is 0 Å². The van der Waals surface area contributed by atoms with Crippen LogP contribution in [0.25, 0.3) is 0 Å². The van der Waals surface area contributed by atoms with Crippen LogP contribution in [0, 0.1) is 0 Å². The van der Waals surface area contributed by atoms with Crippen molar-refractivity contribution < 1.29 is 27.8 Å². The number of hydrogen-bond donors (Lipinski definition) is 1. The minimum atomic E-state index is -4.39. The number of benzene rings is 1. The number of amides is 1. The highest BCUT2D eigenvalue weighted by Gasteiger charge is 2.42. The number of halogens is 3. The third kappa shape index (κ3) is 5.18. The average Bonchev–Trinajstić information content (AvgIpc) is 2.55. The molecule has 0 aliphatic carbocycles. The second kappa shape index (κ2) is 8.37. The summed E-state index contributed by atoms with van der Waals surface area (Å²) in [4.78, 5) is 15.8. The molecule has 1 aromatic carbocycles. The maximum absolute atomic E-state index is 12.8. The molecule has 146 valence electrons. The van der Waals surface area contributed by atoms with Gasteiger partial charge >= 0.3 is 6.18 Å². The molecule has 1 unspecified atom stereocenters.